The van der Waals surface area contributed by atoms with Gasteiger partial charge in [-0.05, 0) is 56.2 Å². The van der Waals surface area contributed by atoms with Crippen LogP contribution in [0.3, 0.4) is 0 Å². The Hall–Kier alpha value is -2.73. The molecule has 1 atom stereocenters. The van der Waals surface area contributed by atoms with E-state index in [1.54, 1.807) is 6.20 Å². The molecule has 1 aromatic heterocycles. The first-order chi connectivity index (χ1) is 13.2. The fourth-order valence-electron chi connectivity index (χ4n) is 2.71. The summed E-state index contributed by atoms with van der Waals surface area (Å²) in [6, 6.07) is 17.6. The molecular formula is C21H21N3O2S. The number of nitrogens with zero attached hydrogens (tertiary/aromatic N) is 2. The van der Waals surface area contributed by atoms with Crippen LogP contribution in [0.15, 0.2) is 72.1 Å². The van der Waals surface area contributed by atoms with E-state index in [0.29, 0.717) is 6.04 Å². The van der Waals surface area contributed by atoms with Crippen LogP contribution >= 0.6 is 11.8 Å². The summed E-state index contributed by atoms with van der Waals surface area (Å²) in [5.41, 5.74) is 0.749. The number of para-hydroxylation sites is 1. The highest BCUT2D eigenvalue weighted by Gasteiger charge is 2.27. The third kappa shape index (κ3) is 4.52. The molecule has 1 N–H and O–H groups in total. The summed E-state index contributed by atoms with van der Waals surface area (Å²) in [4.78, 5) is 16.9. The van der Waals surface area contributed by atoms with Crippen LogP contribution in [-0.2, 0) is 4.79 Å². The maximum absolute atomic E-state index is 12.5. The molecule has 5 nitrogen and oxygen atoms in total. The molecule has 138 valence electrons. The highest BCUT2D eigenvalue weighted by Crippen LogP contribution is 2.38. The van der Waals surface area contributed by atoms with Gasteiger partial charge in [0.2, 0.25) is 5.91 Å². The zero-order chi connectivity index (χ0) is 18.6. The summed E-state index contributed by atoms with van der Waals surface area (Å²) in [5, 5.41) is 3.63. The molecule has 0 bridgehead atoms. The Balaban J connectivity index is 1.34. The predicted octanol–water partition coefficient (Wildman–Crippen LogP) is 5.13. The third-order valence-corrected chi connectivity index (χ3v) is 5.42. The number of nitrogens with one attached hydrogen (secondary N) is 1. The van der Waals surface area contributed by atoms with Crippen molar-refractivity contribution in [1.82, 2.24) is 9.55 Å². The van der Waals surface area contributed by atoms with Crippen LogP contribution in [0, 0.1) is 0 Å². The van der Waals surface area contributed by atoms with E-state index < -0.39 is 0 Å². The van der Waals surface area contributed by atoms with Crippen LogP contribution in [0.2, 0.25) is 0 Å². The second-order valence-corrected chi connectivity index (χ2v) is 7.85. The number of hydrogen-bond donors (Lipinski definition) is 1. The van der Waals surface area contributed by atoms with Gasteiger partial charge in [0.25, 0.3) is 0 Å². The lowest BCUT2D eigenvalue weighted by Gasteiger charge is -2.13. The molecule has 1 aliphatic carbocycles. The van der Waals surface area contributed by atoms with Gasteiger partial charge in [0, 0.05) is 24.1 Å². The topological polar surface area (TPSA) is 56.2 Å². The van der Waals surface area contributed by atoms with Gasteiger partial charge in [-0.1, -0.05) is 30.0 Å². The lowest BCUT2D eigenvalue weighted by atomic mass is 10.3. The molecule has 0 aliphatic heterocycles. The van der Waals surface area contributed by atoms with Crippen molar-refractivity contribution in [3.8, 4) is 11.5 Å². The standard InChI is InChI=1S/C21H21N3O2S/c1-15(27-21-22-13-14-24(21)17-9-10-17)20(25)23-16-7-11-19(12-8-16)26-18-5-3-2-4-6-18/h2-8,11-15,17H,9-10H2,1H3,(H,23,25). The molecule has 1 aliphatic rings. The van der Waals surface area contributed by atoms with Crippen LogP contribution < -0.4 is 10.1 Å². The molecule has 2 aromatic carbocycles. The van der Waals surface area contributed by atoms with Crippen molar-refractivity contribution in [3.63, 3.8) is 0 Å². The number of aromatic nitrogens is 2. The molecule has 0 spiro atoms. The van der Waals surface area contributed by atoms with Crippen molar-refractivity contribution in [1.29, 1.82) is 0 Å². The maximum Gasteiger partial charge on any atom is 0.237 e. The lowest BCUT2D eigenvalue weighted by molar-refractivity contribution is -0.115. The highest BCUT2D eigenvalue weighted by atomic mass is 32.2. The van der Waals surface area contributed by atoms with E-state index in [9.17, 15) is 4.79 Å². The Labute approximate surface area is 162 Å². The van der Waals surface area contributed by atoms with E-state index in [1.165, 1.54) is 24.6 Å². The molecule has 0 saturated heterocycles. The number of amides is 1. The van der Waals surface area contributed by atoms with Crippen molar-refractivity contribution < 1.29 is 9.53 Å². The first-order valence-electron chi connectivity index (χ1n) is 9.02. The molecule has 1 heterocycles. The van der Waals surface area contributed by atoms with Crippen molar-refractivity contribution in [2.24, 2.45) is 0 Å². The van der Waals surface area contributed by atoms with Gasteiger partial charge in [-0.3, -0.25) is 4.79 Å². The molecule has 6 heteroatoms. The van der Waals surface area contributed by atoms with Crippen LogP contribution in [0.4, 0.5) is 5.69 Å². The zero-order valence-corrected chi connectivity index (χ0v) is 15.9. The minimum absolute atomic E-state index is 0.0397. The van der Waals surface area contributed by atoms with Gasteiger partial charge in [0.1, 0.15) is 11.5 Å². The zero-order valence-electron chi connectivity index (χ0n) is 15.0. The number of hydrogen-bond acceptors (Lipinski definition) is 4. The summed E-state index contributed by atoms with van der Waals surface area (Å²) >= 11 is 1.49. The molecule has 27 heavy (non-hydrogen) atoms. The normalized spacial score (nSPS) is 14.6. The van der Waals surface area contributed by atoms with E-state index >= 15 is 0 Å². The Bertz CT molecular complexity index is 905. The van der Waals surface area contributed by atoms with Crippen molar-refractivity contribution >= 4 is 23.4 Å². The Kier molecular flexibility index (Phi) is 5.16. The molecule has 0 radical (unpaired) electrons. The summed E-state index contributed by atoms with van der Waals surface area (Å²) < 4.78 is 7.94. The summed E-state index contributed by atoms with van der Waals surface area (Å²) in [7, 11) is 0. The van der Waals surface area contributed by atoms with Gasteiger partial charge < -0.3 is 14.6 Å². The maximum atomic E-state index is 12.5. The first kappa shape index (κ1) is 17.7. The first-order valence-corrected chi connectivity index (χ1v) is 9.90. The Morgan fingerprint density at radius 1 is 1.15 bits per heavy atom. The van der Waals surface area contributed by atoms with E-state index in [0.717, 1.165) is 22.3 Å². The fourth-order valence-corrected chi connectivity index (χ4v) is 3.64. The monoisotopic (exact) mass is 379 g/mol. The highest BCUT2D eigenvalue weighted by molar-refractivity contribution is 8.00. The van der Waals surface area contributed by atoms with Crippen molar-refractivity contribution in [2.75, 3.05) is 5.32 Å². The van der Waals surface area contributed by atoms with Crippen LogP contribution in [0.5, 0.6) is 11.5 Å². The largest absolute Gasteiger partial charge is 0.457 e. The predicted molar refractivity (Wildman–Crippen MR) is 107 cm³/mol. The summed E-state index contributed by atoms with van der Waals surface area (Å²) in [6.45, 7) is 1.90. The van der Waals surface area contributed by atoms with E-state index in [2.05, 4.69) is 14.9 Å². The fraction of sp³-hybridized carbons (Fsp3) is 0.238. The van der Waals surface area contributed by atoms with Gasteiger partial charge >= 0.3 is 0 Å². The Morgan fingerprint density at radius 3 is 2.56 bits per heavy atom. The van der Waals surface area contributed by atoms with Gasteiger partial charge in [0.05, 0.1) is 5.25 Å². The summed E-state index contributed by atoms with van der Waals surface area (Å²) in [5.74, 6) is 1.47. The minimum Gasteiger partial charge on any atom is -0.457 e. The number of thioether (sulfide) groups is 1. The number of ether oxygens (including phenoxy) is 1. The lowest BCUT2D eigenvalue weighted by Crippen LogP contribution is -2.22. The number of carbonyl (C=O) groups is 1. The minimum atomic E-state index is -0.231. The van der Waals surface area contributed by atoms with Crippen molar-refractivity contribution in [2.45, 2.75) is 36.2 Å². The molecule has 1 amide bonds. The molecule has 1 saturated carbocycles. The molecule has 4 rings (SSSR count). The molecular weight excluding hydrogens is 358 g/mol. The number of rotatable bonds is 7. The molecule has 3 aromatic rings. The number of carbonyl (C=O) groups excluding carboxylic acids is 1. The number of imidazole rings is 1. The SMILES string of the molecule is CC(Sc1nccn1C1CC1)C(=O)Nc1ccc(Oc2ccccc2)cc1. The number of benzene rings is 2. The quantitative estimate of drug-likeness (QED) is 0.578. The van der Waals surface area contributed by atoms with E-state index in [4.69, 9.17) is 4.74 Å². The third-order valence-electron chi connectivity index (χ3n) is 4.33. The Morgan fingerprint density at radius 2 is 1.85 bits per heavy atom. The van der Waals surface area contributed by atoms with Gasteiger partial charge in [-0.2, -0.15) is 0 Å². The molecule has 1 fully saturated rings. The summed E-state index contributed by atoms with van der Waals surface area (Å²) in [6.07, 6.45) is 6.19. The van der Waals surface area contributed by atoms with Gasteiger partial charge in [-0.15, -0.1) is 0 Å². The van der Waals surface area contributed by atoms with Crippen LogP contribution in [0.1, 0.15) is 25.8 Å². The average Bonchev–Trinajstić information content (AvgIpc) is 3.43. The van der Waals surface area contributed by atoms with Crippen molar-refractivity contribution in [3.05, 3.63) is 67.0 Å². The van der Waals surface area contributed by atoms with E-state index in [-0.39, 0.29) is 11.2 Å². The van der Waals surface area contributed by atoms with Crippen LogP contribution in [-0.4, -0.2) is 20.7 Å². The second-order valence-electron chi connectivity index (χ2n) is 6.54. The smallest absolute Gasteiger partial charge is 0.237 e. The van der Waals surface area contributed by atoms with E-state index in [1.807, 2.05) is 67.7 Å². The van der Waals surface area contributed by atoms with Gasteiger partial charge in [-0.25, -0.2) is 4.98 Å². The number of anilines is 1. The second kappa shape index (κ2) is 7.88. The van der Waals surface area contributed by atoms with Gasteiger partial charge in [0.15, 0.2) is 5.16 Å². The molecule has 1 unspecified atom stereocenters. The average molecular weight is 379 g/mol. The van der Waals surface area contributed by atoms with Crippen LogP contribution in [0.25, 0.3) is 0 Å².